The van der Waals surface area contributed by atoms with Crippen LogP contribution in [0.3, 0.4) is 0 Å². The number of hydrogen-bond acceptors (Lipinski definition) is 1. The Morgan fingerprint density at radius 3 is 2.54 bits per heavy atom. The van der Waals surface area contributed by atoms with Crippen molar-refractivity contribution in [2.75, 3.05) is 6.67 Å². The number of carboxylic acids is 1. The lowest BCUT2D eigenvalue weighted by atomic mass is 9.72. The van der Waals surface area contributed by atoms with E-state index in [1.807, 2.05) is 13.0 Å². The van der Waals surface area contributed by atoms with Crippen LogP contribution in [-0.4, -0.2) is 17.8 Å². The quantitative estimate of drug-likeness (QED) is 0.488. The van der Waals surface area contributed by atoms with E-state index in [2.05, 4.69) is 26.8 Å². The van der Waals surface area contributed by atoms with E-state index in [0.717, 1.165) is 24.5 Å². The van der Waals surface area contributed by atoms with Gasteiger partial charge in [-0.05, 0) is 50.2 Å². The van der Waals surface area contributed by atoms with Crippen LogP contribution in [0.4, 0.5) is 8.78 Å². The molecule has 0 bridgehead atoms. The standard InChI is InChI=1S/C20H26F2O2/c1-14(8-10-18(22)16(13-21)12-19(23)24)7-9-17-15(2)6-5-11-20(17,3)4/h7-10,12H,5-6,11,13H2,1-4H3,(H,23,24)/b9-7+,14-8+,16-12+,18-10-. The topological polar surface area (TPSA) is 37.3 Å². The Morgan fingerprint density at radius 2 is 2.00 bits per heavy atom. The fraction of sp³-hybridized carbons (Fsp3) is 0.450. The predicted octanol–water partition coefficient (Wildman–Crippen LogP) is 5.85. The summed E-state index contributed by atoms with van der Waals surface area (Å²) in [6.45, 7) is 7.25. The summed E-state index contributed by atoms with van der Waals surface area (Å²) in [4.78, 5) is 10.5. The minimum absolute atomic E-state index is 0.131. The van der Waals surface area contributed by atoms with E-state index < -0.39 is 24.0 Å². The summed E-state index contributed by atoms with van der Waals surface area (Å²) in [5.74, 6) is -2.24. The molecule has 1 aliphatic carbocycles. The van der Waals surface area contributed by atoms with E-state index in [9.17, 15) is 13.6 Å². The minimum Gasteiger partial charge on any atom is -0.478 e. The van der Waals surface area contributed by atoms with E-state index in [1.54, 1.807) is 0 Å². The summed E-state index contributed by atoms with van der Waals surface area (Å²) in [6, 6.07) is 0. The lowest BCUT2D eigenvalue weighted by Gasteiger charge is -2.32. The second-order valence-electron chi connectivity index (χ2n) is 6.83. The number of rotatable bonds is 6. The first-order chi connectivity index (χ1) is 11.2. The van der Waals surface area contributed by atoms with Gasteiger partial charge < -0.3 is 5.11 Å². The third kappa shape index (κ3) is 5.91. The number of aliphatic carboxylic acids is 1. The molecule has 0 atom stereocenters. The Hall–Kier alpha value is -1.97. The molecule has 0 fully saturated rings. The van der Waals surface area contributed by atoms with Crippen molar-refractivity contribution >= 4 is 5.97 Å². The zero-order valence-electron chi connectivity index (χ0n) is 14.8. The smallest absolute Gasteiger partial charge is 0.328 e. The van der Waals surface area contributed by atoms with Gasteiger partial charge in [0.2, 0.25) is 0 Å². The lowest BCUT2D eigenvalue weighted by Crippen LogP contribution is -2.19. The second-order valence-corrected chi connectivity index (χ2v) is 6.83. The average molecular weight is 336 g/mol. The number of halogens is 2. The Balaban J connectivity index is 2.94. The maximum Gasteiger partial charge on any atom is 0.328 e. The first kappa shape index (κ1) is 20.1. The van der Waals surface area contributed by atoms with Crippen molar-refractivity contribution in [3.05, 3.63) is 58.5 Å². The summed E-state index contributed by atoms with van der Waals surface area (Å²) < 4.78 is 26.4. The van der Waals surface area contributed by atoms with Crippen LogP contribution >= 0.6 is 0 Å². The van der Waals surface area contributed by atoms with Gasteiger partial charge in [-0.15, -0.1) is 0 Å². The number of allylic oxidation sites excluding steroid dienone is 9. The molecule has 24 heavy (non-hydrogen) atoms. The Morgan fingerprint density at radius 1 is 1.33 bits per heavy atom. The summed E-state index contributed by atoms with van der Waals surface area (Å²) in [5.41, 5.74) is 3.15. The number of hydrogen-bond donors (Lipinski definition) is 1. The van der Waals surface area contributed by atoms with Crippen molar-refractivity contribution in [3.8, 4) is 0 Å². The maximum absolute atomic E-state index is 13.8. The van der Waals surface area contributed by atoms with E-state index in [-0.39, 0.29) is 5.41 Å². The highest BCUT2D eigenvalue weighted by Crippen LogP contribution is 2.40. The molecule has 0 amide bonds. The van der Waals surface area contributed by atoms with Gasteiger partial charge >= 0.3 is 5.97 Å². The van der Waals surface area contributed by atoms with Crippen molar-refractivity contribution in [1.29, 1.82) is 0 Å². The molecule has 0 radical (unpaired) electrons. The molecule has 132 valence electrons. The highest BCUT2D eigenvalue weighted by Gasteiger charge is 2.26. The van der Waals surface area contributed by atoms with Gasteiger partial charge in [0.1, 0.15) is 12.5 Å². The summed E-state index contributed by atoms with van der Waals surface area (Å²) in [6.07, 6.45) is 10.6. The van der Waals surface area contributed by atoms with E-state index >= 15 is 0 Å². The SMILES string of the molecule is CC1=C(/C=C/C(C)=C/C=C(F)/C(=C/C(=O)O)CF)C(C)(C)CCC1. The van der Waals surface area contributed by atoms with Gasteiger partial charge in [0.05, 0.1) is 0 Å². The molecular formula is C20H26F2O2. The maximum atomic E-state index is 13.8. The molecule has 0 aromatic carbocycles. The third-order valence-corrected chi connectivity index (χ3v) is 4.30. The predicted molar refractivity (Wildman–Crippen MR) is 94.1 cm³/mol. The largest absolute Gasteiger partial charge is 0.478 e. The first-order valence-corrected chi connectivity index (χ1v) is 8.09. The fourth-order valence-corrected chi connectivity index (χ4v) is 2.91. The van der Waals surface area contributed by atoms with Crippen molar-refractivity contribution in [1.82, 2.24) is 0 Å². The summed E-state index contributed by atoms with van der Waals surface area (Å²) in [7, 11) is 0. The van der Waals surface area contributed by atoms with Gasteiger partial charge in [0, 0.05) is 11.6 Å². The minimum atomic E-state index is -1.37. The van der Waals surface area contributed by atoms with E-state index in [0.29, 0.717) is 6.08 Å². The molecular weight excluding hydrogens is 310 g/mol. The molecule has 0 aromatic heterocycles. The molecule has 1 N–H and O–H groups in total. The van der Waals surface area contributed by atoms with Crippen LogP contribution < -0.4 is 0 Å². The zero-order chi connectivity index (χ0) is 18.3. The van der Waals surface area contributed by atoms with Crippen LogP contribution in [0.5, 0.6) is 0 Å². The van der Waals surface area contributed by atoms with Crippen LogP contribution in [-0.2, 0) is 4.79 Å². The van der Waals surface area contributed by atoms with Gasteiger partial charge in [-0.3, -0.25) is 0 Å². The molecule has 2 nitrogen and oxygen atoms in total. The third-order valence-electron chi connectivity index (χ3n) is 4.30. The molecule has 0 heterocycles. The molecule has 1 aliphatic rings. The van der Waals surface area contributed by atoms with Crippen molar-refractivity contribution in [2.45, 2.75) is 47.0 Å². The molecule has 4 heteroatoms. The highest BCUT2D eigenvalue weighted by atomic mass is 19.1. The molecule has 0 spiro atoms. The first-order valence-electron chi connectivity index (χ1n) is 8.09. The fourth-order valence-electron chi connectivity index (χ4n) is 2.91. The molecule has 0 unspecified atom stereocenters. The van der Waals surface area contributed by atoms with Crippen molar-refractivity contribution in [3.63, 3.8) is 0 Å². The van der Waals surface area contributed by atoms with Crippen LogP contribution in [0.1, 0.15) is 47.0 Å². The number of alkyl halides is 1. The van der Waals surface area contributed by atoms with Crippen molar-refractivity contribution in [2.24, 2.45) is 5.41 Å². The lowest BCUT2D eigenvalue weighted by molar-refractivity contribution is -0.131. The Kier molecular flexibility index (Phi) is 7.33. The Labute approximate surface area is 143 Å². The van der Waals surface area contributed by atoms with Gasteiger partial charge in [-0.2, -0.15) is 0 Å². The zero-order valence-corrected chi connectivity index (χ0v) is 14.8. The molecule has 0 aliphatic heterocycles. The highest BCUT2D eigenvalue weighted by molar-refractivity contribution is 5.81. The molecule has 0 saturated heterocycles. The van der Waals surface area contributed by atoms with Gasteiger partial charge in [-0.1, -0.05) is 43.2 Å². The van der Waals surface area contributed by atoms with Gasteiger partial charge in [-0.25, -0.2) is 13.6 Å². The van der Waals surface area contributed by atoms with Gasteiger partial charge in [0.25, 0.3) is 0 Å². The molecule has 0 aromatic rings. The van der Waals surface area contributed by atoms with E-state index in [1.165, 1.54) is 23.6 Å². The monoisotopic (exact) mass is 336 g/mol. The van der Waals surface area contributed by atoms with E-state index in [4.69, 9.17) is 5.11 Å². The number of carboxylic acid groups (broad SMARTS) is 1. The number of carbonyl (C=O) groups is 1. The van der Waals surface area contributed by atoms with Crippen LogP contribution in [0, 0.1) is 5.41 Å². The Bertz CT molecular complexity index is 632. The van der Waals surface area contributed by atoms with Crippen LogP contribution in [0.2, 0.25) is 0 Å². The van der Waals surface area contributed by atoms with Crippen molar-refractivity contribution < 1.29 is 18.7 Å². The van der Waals surface area contributed by atoms with Crippen LogP contribution in [0.25, 0.3) is 0 Å². The second kappa shape index (κ2) is 8.76. The average Bonchev–Trinajstić information content (AvgIpc) is 2.48. The molecule has 1 rings (SSSR count). The summed E-state index contributed by atoms with van der Waals surface area (Å²) in [5, 5.41) is 8.58. The normalized spacial score (nSPS) is 20.0. The summed E-state index contributed by atoms with van der Waals surface area (Å²) >= 11 is 0. The van der Waals surface area contributed by atoms with Crippen LogP contribution in [0.15, 0.2) is 58.5 Å². The molecule has 0 saturated carbocycles. The van der Waals surface area contributed by atoms with Gasteiger partial charge in [0.15, 0.2) is 0 Å².